The van der Waals surface area contributed by atoms with E-state index in [1.54, 1.807) is 19.9 Å². The van der Waals surface area contributed by atoms with Gasteiger partial charge in [-0.1, -0.05) is 26.8 Å². The van der Waals surface area contributed by atoms with Gasteiger partial charge in [0.25, 0.3) is 0 Å². The van der Waals surface area contributed by atoms with E-state index in [1.807, 2.05) is 25.5 Å². The Labute approximate surface area is 183 Å². The smallest absolute Gasteiger partial charge is 0.358 e. The lowest BCUT2D eigenvalue weighted by molar-refractivity contribution is 0.0517. The largest absolute Gasteiger partial charge is 0.461 e. The van der Waals surface area contributed by atoms with Crippen LogP contribution in [0.3, 0.4) is 0 Å². The Hall–Kier alpha value is -2.26. The van der Waals surface area contributed by atoms with E-state index >= 15 is 0 Å². The number of aryl methyl sites for hydroxylation is 1. The van der Waals surface area contributed by atoms with Crippen LogP contribution < -0.4 is 0 Å². The summed E-state index contributed by atoms with van der Waals surface area (Å²) in [6.45, 7) is 10.4. The number of esters is 1. The van der Waals surface area contributed by atoms with Crippen molar-refractivity contribution >= 4 is 16.0 Å². The number of piperidine rings is 1. The van der Waals surface area contributed by atoms with E-state index in [4.69, 9.17) is 4.74 Å². The summed E-state index contributed by atoms with van der Waals surface area (Å²) in [5.74, 6) is -1.04. The summed E-state index contributed by atoms with van der Waals surface area (Å²) >= 11 is 0. The molecule has 0 unspecified atom stereocenters. The molecule has 3 rings (SSSR count). The van der Waals surface area contributed by atoms with Crippen LogP contribution >= 0.6 is 0 Å². The Morgan fingerprint density at radius 3 is 2.45 bits per heavy atom. The van der Waals surface area contributed by atoms with Crippen molar-refractivity contribution in [2.24, 2.45) is 0 Å². The number of halogens is 1. The molecule has 1 saturated heterocycles. The summed E-state index contributed by atoms with van der Waals surface area (Å²) in [5, 5.41) is 4.51. The second-order valence-corrected chi connectivity index (χ2v) is 10.8. The molecule has 1 aliphatic rings. The number of aromatic nitrogens is 2. The van der Waals surface area contributed by atoms with Crippen molar-refractivity contribution in [1.29, 1.82) is 0 Å². The highest BCUT2D eigenvalue weighted by Crippen LogP contribution is 2.32. The molecule has 1 aromatic carbocycles. The van der Waals surface area contributed by atoms with E-state index in [0.29, 0.717) is 31.5 Å². The Morgan fingerprint density at radius 2 is 1.87 bits per heavy atom. The second-order valence-electron chi connectivity index (χ2n) is 8.87. The number of benzene rings is 1. The van der Waals surface area contributed by atoms with Crippen molar-refractivity contribution in [2.45, 2.75) is 63.8 Å². The summed E-state index contributed by atoms with van der Waals surface area (Å²) in [4.78, 5) is 12.2. The van der Waals surface area contributed by atoms with E-state index < -0.39 is 21.8 Å². The molecule has 170 valence electrons. The standard InChI is InChI=1S/C22H30FN3O4S/c1-6-30-21(27)18-14-20(22(3,4)5)26(24-18)17-9-11-25(12-10-17)31(28,29)19-13-16(23)8-7-15(19)2/h7-8,13-14,17H,6,9-12H2,1-5H3. The topological polar surface area (TPSA) is 81.5 Å². The third-order valence-electron chi connectivity index (χ3n) is 5.53. The van der Waals surface area contributed by atoms with Crippen molar-refractivity contribution in [2.75, 3.05) is 19.7 Å². The quantitative estimate of drug-likeness (QED) is 0.646. The lowest BCUT2D eigenvalue weighted by Crippen LogP contribution is -2.40. The Balaban J connectivity index is 1.83. The molecule has 0 spiro atoms. The fourth-order valence-electron chi connectivity index (χ4n) is 3.86. The zero-order valence-corrected chi connectivity index (χ0v) is 19.5. The van der Waals surface area contributed by atoms with Crippen LogP contribution in [0.1, 0.15) is 68.3 Å². The summed E-state index contributed by atoms with van der Waals surface area (Å²) in [6.07, 6.45) is 1.08. The SMILES string of the molecule is CCOC(=O)c1cc(C(C)(C)C)n(C2CCN(S(=O)(=O)c3cc(F)ccc3C)CC2)n1. The normalized spacial score (nSPS) is 16.5. The molecule has 9 heteroatoms. The molecule has 0 bridgehead atoms. The number of ether oxygens (including phenoxy) is 1. The maximum Gasteiger partial charge on any atom is 0.358 e. The van der Waals surface area contributed by atoms with Crippen molar-refractivity contribution in [3.05, 3.63) is 47.0 Å². The Kier molecular flexibility index (Phi) is 6.57. The van der Waals surface area contributed by atoms with E-state index in [0.717, 1.165) is 11.8 Å². The van der Waals surface area contributed by atoms with E-state index in [2.05, 4.69) is 5.10 Å². The average molecular weight is 452 g/mol. The first kappa shape index (κ1) is 23.4. The summed E-state index contributed by atoms with van der Waals surface area (Å²) in [5.41, 5.74) is 1.43. The predicted molar refractivity (Wildman–Crippen MR) is 115 cm³/mol. The monoisotopic (exact) mass is 451 g/mol. The Bertz CT molecular complexity index is 1060. The van der Waals surface area contributed by atoms with Crippen LogP contribution in [0.4, 0.5) is 4.39 Å². The highest BCUT2D eigenvalue weighted by atomic mass is 32.2. The van der Waals surface area contributed by atoms with Crippen LogP contribution in [-0.4, -0.2) is 48.2 Å². The van der Waals surface area contributed by atoms with E-state index in [9.17, 15) is 17.6 Å². The minimum Gasteiger partial charge on any atom is -0.461 e. The molecule has 0 amide bonds. The lowest BCUT2D eigenvalue weighted by atomic mass is 9.91. The van der Waals surface area contributed by atoms with Gasteiger partial charge in [-0.25, -0.2) is 17.6 Å². The highest BCUT2D eigenvalue weighted by Gasteiger charge is 2.34. The van der Waals surface area contributed by atoms with Gasteiger partial charge in [0.1, 0.15) is 5.82 Å². The van der Waals surface area contributed by atoms with E-state index in [1.165, 1.54) is 16.4 Å². The van der Waals surface area contributed by atoms with Gasteiger partial charge in [0.2, 0.25) is 10.0 Å². The van der Waals surface area contributed by atoms with Crippen LogP contribution in [0.5, 0.6) is 0 Å². The van der Waals surface area contributed by atoms with Gasteiger partial charge in [-0.3, -0.25) is 4.68 Å². The van der Waals surface area contributed by atoms with Crippen LogP contribution in [0, 0.1) is 12.7 Å². The van der Waals surface area contributed by atoms with Gasteiger partial charge in [-0.05, 0) is 50.5 Å². The van der Waals surface area contributed by atoms with Crippen LogP contribution in [-0.2, 0) is 20.2 Å². The number of hydrogen-bond donors (Lipinski definition) is 0. The molecule has 0 atom stereocenters. The zero-order chi connectivity index (χ0) is 23.0. The highest BCUT2D eigenvalue weighted by molar-refractivity contribution is 7.89. The van der Waals surface area contributed by atoms with Crippen molar-refractivity contribution < 1.29 is 22.3 Å². The maximum atomic E-state index is 13.7. The second kappa shape index (κ2) is 8.70. The summed E-state index contributed by atoms with van der Waals surface area (Å²) in [7, 11) is -3.79. The molecule has 1 aromatic heterocycles. The first-order chi connectivity index (χ1) is 14.4. The Morgan fingerprint density at radius 1 is 1.23 bits per heavy atom. The molecule has 0 N–H and O–H groups in total. The minimum atomic E-state index is -3.79. The number of hydrogen-bond acceptors (Lipinski definition) is 5. The zero-order valence-electron chi connectivity index (χ0n) is 18.7. The molecular weight excluding hydrogens is 421 g/mol. The molecule has 1 aliphatic heterocycles. The molecule has 0 saturated carbocycles. The van der Waals surface area contributed by atoms with Crippen molar-refractivity contribution in [3.63, 3.8) is 0 Å². The van der Waals surface area contributed by atoms with Gasteiger partial charge >= 0.3 is 5.97 Å². The summed E-state index contributed by atoms with van der Waals surface area (Å²) in [6, 6.07) is 5.53. The predicted octanol–water partition coefficient (Wildman–Crippen LogP) is 3.83. The van der Waals surface area contributed by atoms with Crippen LogP contribution in [0.15, 0.2) is 29.2 Å². The third kappa shape index (κ3) is 4.82. The van der Waals surface area contributed by atoms with Crippen LogP contribution in [0.25, 0.3) is 0 Å². The van der Waals surface area contributed by atoms with Crippen molar-refractivity contribution in [3.8, 4) is 0 Å². The number of nitrogens with zero attached hydrogens (tertiary/aromatic N) is 3. The van der Waals surface area contributed by atoms with Gasteiger partial charge in [0.15, 0.2) is 5.69 Å². The molecule has 2 aromatic rings. The van der Waals surface area contributed by atoms with Gasteiger partial charge in [0, 0.05) is 24.2 Å². The average Bonchev–Trinajstić information content (AvgIpc) is 3.16. The fraction of sp³-hybridized carbons (Fsp3) is 0.545. The fourth-order valence-corrected chi connectivity index (χ4v) is 5.56. The molecule has 2 heterocycles. The first-order valence-corrected chi connectivity index (χ1v) is 11.9. The van der Waals surface area contributed by atoms with E-state index in [-0.39, 0.29) is 28.7 Å². The van der Waals surface area contributed by atoms with Gasteiger partial charge in [0.05, 0.1) is 17.5 Å². The van der Waals surface area contributed by atoms with Crippen LogP contribution in [0.2, 0.25) is 0 Å². The summed E-state index contributed by atoms with van der Waals surface area (Å²) < 4.78 is 48.2. The number of sulfonamides is 1. The number of carbonyl (C=O) groups excluding carboxylic acids is 1. The molecular formula is C22H30FN3O4S. The number of rotatable bonds is 5. The molecule has 31 heavy (non-hydrogen) atoms. The molecule has 1 fully saturated rings. The lowest BCUT2D eigenvalue weighted by Gasteiger charge is -2.33. The molecule has 0 aliphatic carbocycles. The third-order valence-corrected chi connectivity index (χ3v) is 7.57. The first-order valence-electron chi connectivity index (χ1n) is 10.5. The van der Waals surface area contributed by atoms with Gasteiger partial charge in [-0.15, -0.1) is 0 Å². The molecule has 0 radical (unpaired) electrons. The van der Waals surface area contributed by atoms with Gasteiger partial charge in [-0.2, -0.15) is 9.40 Å². The van der Waals surface area contributed by atoms with Crippen molar-refractivity contribution in [1.82, 2.24) is 14.1 Å². The van der Waals surface area contributed by atoms with Gasteiger partial charge < -0.3 is 4.74 Å². The number of carbonyl (C=O) groups is 1. The molecule has 7 nitrogen and oxygen atoms in total. The maximum absolute atomic E-state index is 13.7. The minimum absolute atomic E-state index is 0.00465.